The fourth-order valence-electron chi connectivity index (χ4n) is 0. The predicted octanol–water partition coefficient (Wildman–Crippen LogP) is -3.47. The van der Waals surface area contributed by atoms with Gasteiger partial charge in [0, 0.05) is 0 Å². The van der Waals surface area contributed by atoms with Gasteiger partial charge in [0.25, 0.3) is 0 Å². The first-order valence-electron chi connectivity index (χ1n) is 0.730. The molecule has 0 N–H and O–H groups in total. The van der Waals surface area contributed by atoms with Crippen LogP contribution in [0.2, 0.25) is 0 Å². The maximum atomic E-state index is 8.55. The molecule has 0 aliphatic carbocycles. The molecule has 34 valence electrons. The van der Waals surface area contributed by atoms with Gasteiger partial charge in [-0.05, 0) is 0 Å². The van der Waals surface area contributed by atoms with Crippen molar-refractivity contribution in [3.63, 3.8) is 0 Å². The normalized spacial score (nSPS) is 9.83. The topological polar surface area (TPSA) is 86.2 Å². The Morgan fingerprint density at radius 1 is 1.17 bits per heavy atom. The van der Waals surface area contributed by atoms with E-state index in [2.05, 4.69) is 0 Å². The Labute approximate surface area is 45.4 Å². The fraction of sp³-hybridized carbons (Fsp3) is 0. The summed E-state index contributed by atoms with van der Waals surface area (Å²) in [7, 11) is -5.39. The Morgan fingerprint density at radius 2 is 1.17 bits per heavy atom. The Kier molecular flexibility index (Phi) is 4.53. The van der Waals surface area contributed by atoms with Crippen LogP contribution in [0.5, 0.6) is 0 Å². The molecule has 0 aromatic heterocycles. The molecule has 0 heterocycles. The number of hydrogen-bond acceptors (Lipinski definition) is 4. The Balaban J connectivity index is 0. The van der Waals surface area contributed by atoms with Gasteiger partial charge in [0.05, 0.1) is 0 Å². The molecule has 0 saturated heterocycles. The third-order valence-corrected chi connectivity index (χ3v) is 0. The van der Waals surface area contributed by atoms with E-state index >= 15 is 0 Å². The summed E-state index contributed by atoms with van der Waals surface area (Å²) in [5.74, 6) is 0. The van der Waals surface area contributed by atoms with Gasteiger partial charge in [-0.1, -0.05) is 0 Å². The molecule has 0 aliphatic rings. The fourth-order valence-corrected chi connectivity index (χ4v) is 0. The third-order valence-electron chi connectivity index (χ3n) is 0. The molecule has 0 aromatic carbocycles. The van der Waals surface area contributed by atoms with Crippen LogP contribution >= 0.6 is 7.82 Å². The maximum absolute atomic E-state index is 8.55. The van der Waals surface area contributed by atoms with Crippen molar-refractivity contribution in [2.24, 2.45) is 0 Å². The van der Waals surface area contributed by atoms with E-state index in [4.69, 9.17) is 19.2 Å². The van der Waals surface area contributed by atoms with E-state index in [0.29, 0.717) is 0 Å². The minimum absolute atomic E-state index is 0. The van der Waals surface area contributed by atoms with Crippen LogP contribution in [0.1, 0.15) is 0 Å². The zero-order chi connectivity index (χ0) is 4.50. The number of hydrogen-bond donors (Lipinski definition) is 0. The molecule has 0 bridgehead atoms. The summed E-state index contributed by atoms with van der Waals surface area (Å²) in [5, 5.41) is 0. The van der Waals surface area contributed by atoms with E-state index in [1.54, 1.807) is 0 Å². The molecule has 0 fully saturated rings. The van der Waals surface area contributed by atoms with Gasteiger partial charge >= 0.3 is 17.6 Å². The zero-order valence-electron chi connectivity index (χ0n) is 2.66. The van der Waals surface area contributed by atoms with E-state index in [-0.39, 0.29) is 17.6 Å². The summed E-state index contributed by atoms with van der Waals surface area (Å²) < 4.78 is 8.55. The zero-order valence-corrected chi connectivity index (χ0v) is 5.97. The second-order valence-corrected chi connectivity index (χ2v) is 1.34. The molecule has 0 aliphatic heterocycles. The molecule has 0 unspecified atom stereocenters. The second kappa shape index (κ2) is 2.76. The SMILES string of the molecule is O=P([O-])([O-])[O-].[GeH+3]. The van der Waals surface area contributed by atoms with Crippen LogP contribution in [-0.4, -0.2) is 17.6 Å². The van der Waals surface area contributed by atoms with Crippen molar-refractivity contribution in [1.29, 1.82) is 0 Å². The van der Waals surface area contributed by atoms with Crippen molar-refractivity contribution in [2.75, 3.05) is 0 Å². The monoisotopic (exact) mass is 170 g/mol. The molecular formula is HGeO4P. The van der Waals surface area contributed by atoms with Crippen LogP contribution in [0.25, 0.3) is 0 Å². The van der Waals surface area contributed by atoms with Crippen LogP contribution in [0.15, 0.2) is 0 Å². The van der Waals surface area contributed by atoms with E-state index in [1.165, 1.54) is 0 Å². The molecule has 0 amide bonds. The van der Waals surface area contributed by atoms with Gasteiger partial charge in [-0.3, -0.25) is 0 Å². The first-order chi connectivity index (χ1) is 2.00. The molecule has 0 spiro atoms. The summed E-state index contributed by atoms with van der Waals surface area (Å²) in [4.78, 5) is 25.6. The Morgan fingerprint density at radius 3 is 1.17 bits per heavy atom. The molecular weight excluding hydrogens is 168 g/mol. The Bertz CT molecular complexity index is 53.7. The van der Waals surface area contributed by atoms with E-state index < -0.39 is 7.82 Å². The molecule has 0 radical (unpaired) electrons. The van der Waals surface area contributed by atoms with Gasteiger partial charge in [0.1, 0.15) is 0 Å². The van der Waals surface area contributed by atoms with Crippen molar-refractivity contribution in [2.45, 2.75) is 0 Å². The minimum atomic E-state index is -5.39. The quantitative estimate of drug-likeness (QED) is 0.278. The van der Waals surface area contributed by atoms with Crippen LogP contribution in [-0.2, 0) is 4.57 Å². The molecule has 0 saturated carbocycles. The van der Waals surface area contributed by atoms with E-state index in [1.807, 2.05) is 0 Å². The molecule has 4 nitrogen and oxygen atoms in total. The van der Waals surface area contributed by atoms with Gasteiger partial charge < -0.3 is 19.2 Å². The molecule has 6 heteroatoms. The molecule has 0 rings (SSSR count). The van der Waals surface area contributed by atoms with Crippen molar-refractivity contribution in [1.82, 2.24) is 0 Å². The van der Waals surface area contributed by atoms with Gasteiger partial charge in [-0.15, -0.1) is 0 Å². The third kappa shape index (κ3) is 146. The van der Waals surface area contributed by atoms with Crippen molar-refractivity contribution < 1.29 is 19.2 Å². The summed E-state index contributed by atoms with van der Waals surface area (Å²) >= 11 is 0. The van der Waals surface area contributed by atoms with E-state index in [0.717, 1.165) is 0 Å². The van der Waals surface area contributed by atoms with Crippen LogP contribution in [0.3, 0.4) is 0 Å². The number of rotatable bonds is 0. The van der Waals surface area contributed by atoms with Crippen molar-refractivity contribution in [3.8, 4) is 0 Å². The number of phosphoric acid groups is 1. The van der Waals surface area contributed by atoms with Crippen LogP contribution < -0.4 is 14.7 Å². The second-order valence-electron chi connectivity index (χ2n) is 0.447. The molecule has 6 heavy (non-hydrogen) atoms. The first-order valence-corrected chi connectivity index (χ1v) is 2.19. The van der Waals surface area contributed by atoms with Crippen molar-refractivity contribution in [3.05, 3.63) is 0 Å². The summed E-state index contributed by atoms with van der Waals surface area (Å²) in [6, 6.07) is 0. The van der Waals surface area contributed by atoms with Crippen LogP contribution in [0, 0.1) is 0 Å². The predicted molar refractivity (Wildman–Crippen MR) is 14.8 cm³/mol. The average Bonchev–Trinajstić information content (AvgIpc) is 0.722. The Hall–Kier alpha value is 0.653. The molecule has 0 aromatic rings. The summed E-state index contributed by atoms with van der Waals surface area (Å²) in [6.45, 7) is 0. The molecule has 0 atom stereocenters. The summed E-state index contributed by atoms with van der Waals surface area (Å²) in [6.07, 6.45) is 0. The van der Waals surface area contributed by atoms with E-state index in [9.17, 15) is 0 Å². The van der Waals surface area contributed by atoms with Crippen LogP contribution in [0.4, 0.5) is 0 Å². The summed E-state index contributed by atoms with van der Waals surface area (Å²) in [5.41, 5.74) is 0. The standard InChI is InChI=1S/GeH.H3O4P/c;1-5(2,3)4/h1H;(H3,1,2,3,4)/q+3;/p-3. The van der Waals surface area contributed by atoms with Gasteiger partial charge in [0.2, 0.25) is 0 Å². The first kappa shape index (κ1) is 9.82. The van der Waals surface area contributed by atoms with Gasteiger partial charge in [-0.2, -0.15) is 7.82 Å². The van der Waals surface area contributed by atoms with Crippen molar-refractivity contribution >= 4 is 25.4 Å². The van der Waals surface area contributed by atoms with Gasteiger partial charge in [-0.25, -0.2) is 0 Å². The van der Waals surface area contributed by atoms with Gasteiger partial charge in [0.15, 0.2) is 0 Å². The average molecular weight is 169 g/mol.